The molecule has 3 heteroatoms. The molecule has 1 N–H and O–H groups in total. The first-order valence-corrected chi connectivity index (χ1v) is 5.89. The van der Waals surface area contributed by atoms with Crippen LogP contribution in [-0.4, -0.2) is 5.91 Å². The number of carbonyl (C=O) groups excluding carboxylic acids is 1. The van der Waals surface area contributed by atoms with E-state index in [-0.39, 0.29) is 11.8 Å². The second kappa shape index (κ2) is 4.58. The van der Waals surface area contributed by atoms with Crippen molar-refractivity contribution >= 4 is 11.6 Å². The van der Waals surface area contributed by atoms with Crippen LogP contribution < -0.4 is 5.32 Å². The first-order valence-electron chi connectivity index (χ1n) is 5.89. The summed E-state index contributed by atoms with van der Waals surface area (Å²) in [7, 11) is 0. The second-order valence-corrected chi connectivity index (χ2v) is 4.70. The van der Waals surface area contributed by atoms with E-state index in [1.807, 2.05) is 13.0 Å². The molecule has 17 heavy (non-hydrogen) atoms. The van der Waals surface area contributed by atoms with E-state index in [4.69, 9.17) is 5.26 Å². The van der Waals surface area contributed by atoms with Crippen molar-refractivity contribution in [1.82, 2.24) is 0 Å². The first-order chi connectivity index (χ1) is 8.11. The summed E-state index contributed by atoms with van der Waals surface area (Å²) >= 11 is 0. The number of nitrogens with zero attached hydrogens (tertiary/aromatic N) is 1. The maximum Gasteiger partial charge on any atom is 0.227 e. The number of amides is 1. The Bertz CT molecular complexity index is 500. The molecule has 0 saturated heterocycles. The lowest BCUT2D eigenvalue weighted by Crippen LogP contribution is -2.30. The van der Waals surface area contributed by atoms with Crippen LogP contribution in [0.25, 0.3) is 0 Å². The number of nitrogens with one attached hydrogen (secondary N) is 1. The zero-order valence-corrected chi connectivity index (χ0v) is 10.2. The maximum absolute atomic E-state index is 11.9. The Morgan fingerprint density at radius 3 is 2.94 bits per heavy atom. The quantitative estimate of drug-likeness (QED) is 0.846. The van der Waals surface area contributed by atoms with Crippen LogP contribution in [0.1, 0.15) is 29.5 Å². The number of hydrogen-bond donors (Lipinski definition) is 1. The van der Waals surface area contributed by atoms with Gasteiger partial charge in [0.1, 0.15) is 0 Å². The van der Waals surface area contributed by atoms with Gasteiger partial charge in [0.05, 0.1) is 6.07 Å². The first kappa shape index (κ1) is 11.7. The van der Waals surface area contributed by atoms with Crippen molar-refractivity contribution in [2.45, 2.75) is 33.1 Å². The summed E-state index contributed by atoms with van der Waals surface area (Å²) in [6.07, 6.45) is 1.85. The molecule has 0 spiro atoms. The molecule has 0 saturated carbocycles. The molecule has 1 aliphatic heterocycles. The molecule has 3 nitrogen and oxygen atoms in total. The van der Waals surface area contributed by atoms with Gasteiger partial charge >= 0.3 is 0 Å². The summed E-state index contributed by atoms with van der Waals surface area (Å²) < 4.78 is 0. The van der Waals surface area contributed by atoms with Crippen molar-refractivity contribution in [3.8, 4) is 6.07 Å². The maximum atomic E-state index is 11.9. The van der Waals surface area contributed by atoms with Crippen LogP contribution in [0.2, 0.25) is 0 Å². The highest BCUT2D eigenvalue weighted by Gasteiger charge is 2.26. The third-order valence-corrected chi connectivity index (χ3v) is 3.30. The van der Waals surface area contributed by atoms with Gasteiger partial charge in [-0.25, -0.2) is 0 Å². The lowest BCUT2D eigenvalue weighted by Gasteiger charge is -2.26. The molecule has 0 fully saturated rings. The molecule has 1 amide bonds. The minimum atomic E-state index is -0.0523. The van der Waals surface area contributed by atoms with Crippen LogP contribution in [0, 0.1) is 31.1 Å². The number of rotatable bonds is 2. The smallest absolute Gasteiger partial charge is 0.227 e. The third-order valence-electron chi connectivity index (χ3n) is 3.30. The number of aryl methyl sites for hydroxylation is 2. The highest BCUT2D eigenvalue weighted by atomic mass is 16.1. The fourth-order valence-corrected chi connectivity index (χ4v) is 2.43. The summed E-state index contributed by atoms with van der Waals surface area (Å²) in [6.45, 7) is 4.10. The number of carbonyl (C=O) groups is 1. The molecule has 1 unspecified atom stereocenters. The third kappa shape index (κ3) is 2.31. The van der Waals surface area contributed by atoms with E-state index in [0.29, 0.717) is 12.8 Å². The van der Waals surface area contributed by atoms with E-state index in [1.54, 1.807) is 0 Å². The van der Waals surface area contributed by atoms with E-state index in [9.17, 15) is 4.79 Å². The number of fused-ring (bicyclic) bond motifs is 1. The van der Waals surface area contributed by atoms with Gasteiger partial charge in [-0.15, -0.1) is 0 Å². The fraction of sp³-hybridized carbons (Fsp3) is 0.429. The summed E-state index contributed by atoms with van der Waals surface area (Å²) in [4.78, 5) is 11.9. The Hall–Kier alpha value is -1.82. The fourth-order valence-electron chi connectivity index (χ4n) is 2.43. The lowest BCUT2D eigenvalue weighted by atomic mass is 9.87. The van der Waals surface area contributed by atoms with Crippen LogP contribution in [0.15, 0.2) is 12.1 Å². The van der Waals surface area contributed by atoms with Gasteiger partial charge in [-0.1, -0.05) is 6.07 Å². The molecule has 1 aromatic carbocycles. The van der Waals surface area contributed by atoms with Gasteiger partial charge in [-0.05, 0) is 49.4 Å². The van der Waals surface area contributed by atoms with E-state index in [0.717, 1.165) is 17.7 Å². The zero-order chi connectivity index (χ0) is 12.4. The molecule has 1 aliphatic rings. The lowest BCUT2D eigenvalue weighted by molar-refractivity contribution is -0.120. The second-order valence-electron chi connectivity index (χ2n) is 4.70. The molecule has 2 rings (SSSR count). The highest BCUT2D eigenvalue weighted by molar-refractivity contribution is 5.96. The van der Waals surface area contributed by atoms with Crippen molar-refractivity contribution in [3.05, 3.63) is 28.8 Å². The van der Waals surface area contributed by atoms with Crippen molar-refractivity contribution in [1.29, 1.82) is 5.26 Å². The van der Waals surface area contributed by atoms with Gasteiger partial charge in [0, 0.05) is 18.0 Å². The van der Waals surface area contributed by atoms with Crippen molar-refractivity contribution in [2.24, 2.45) is 5.92 Å². The van der Waals surface area contributed by atoms with Gasteiger partial charge in [0.25, 0.3) is 0 Å². The van der Waals surface area contributed by atoms with E-state index in [1.165, 1.54) is 11.1 Å². The molecule has 0 aliphatic carbocycles. The molecule has 1 atom stereocenters. The van der Waals surface area contributed by atoms with Crippen molar-refractivity contribution in [2.75, 3.05) is 5.32 Å². The summed E-state index contributed by atoms with van der Waals surface area (Å²) in [5.74, 6) is 0.00121. The van der Waals surface area contributed by atoms with Crippen LogP contribution in [0.5, 0.6) is 0 Å². The predicted octanol–water partition coefficient (Wildman–Crippen LogP) is 2.72. The average molecular weight is 228 g/mol. The Morgan fingerprint density at radius 2 is 2.24 bits per heavy atom. The molecule has 0 bridgehead atoms. The van der Waals surface area contributed by atoms with E-state index < -0.39 is 0 Å². The Morgan fingerprint density at radius 1 is 1.47 bits per heavy atom. The molecule has 0 radical (unpaired) electrons. The topological polar surface area (TPSA) is 52.9 Å². The highest BCUT2D eigenvalue weighted by Crippen LogP contribution is 2.31. The SMILES string of the molecule is Cc1cc(C)c2c(c1)NC(=O)C(CCC#N)C2. The summed E-state index contributed by atoms with van der Waals surface area (Å²) in [5, 5.41) is 11.5. The number of anilines is 1. The molecular formula is C14H16N2O. The number of benzene rings is 1. The standard InChI is InChI=1S/C14H16N2O/c1-9-6-10(2)12-8-11(4-3-5-15)14(17)16-13(12)7-9/h6-7,11H,3-4,8H2,1-2H3,(H,16,17). The molecule has 88 valence electrons. The van der Waals surface area contributed by atoms with Gasteiger partial charge in [-0.3, -0.25) is 4.79 Å². The molecule has 1 heterocycles. The van der Waals surface area contributed by atoms with Crippen LogP contribution in [0.4, 0.5) is 5.69 Å². The van der Waals surface area contributed by atoms with Crippen LogP contribution in [0.3, 0.4) is 0 Å². The zero-order valence-electron chi connectivity index (χ0n) is 10.2. The summed E-state index contributed by atoms with van der Waals surface area (Å²) in [6, 6.07) is 6.25. The van der Waals surface area contributed by atoms with Crippen molar-refractivity contribution < 1.29 is 4.79 Å². The van der Waals surface area contributed by atoms with E-state index >= 15 is 0 Å². The van der Waals surface area contributed by atoms with Crippen LogP contribution >= 0.6 is 0 Å². The van der Waals surface area contributed by atoms with Gasteiger partial charge < -0.3 is 5.32 Å². The minimum Gasteiger partial charge on any atom is -0.326 e. The Labute approximate surface area is 101 Å². The number of hydrogen-bond acceptors (Lipinski definition) is 2. The van der Waals surface area contributed by atoms with Gasteiger partial charge in [0.2, 0.25) is 5.91 Å². The Kier molecular flexibility index (Phi) is 3.14. The molecular weight excluding hydrogens is 212 g/mol. The monoisotopic (exact) mass is 228 g/mol. The van der Waals surface area contributed by atoms with Gasteiger partial charge in [-0.2, -0.15) is 5.26 Å². The molecule has 0 aromatic heterocycles. The van der Waals surface area contributed by atoms with Crippen molar-refractivity contribution in [3.63, 3.8) is 0 Å². The predicted molar refractivity (Wildman–Crippen MR) is 66.6 cm³/mol. The van der Waals surface area contributed by atoms with E-state index in [2.05, 4.69) is 24.4 Å². The average Bonchev–Trinajstić information content (AvgIpc) is 2.26. The Balaban J connectivity index is 2.28. The van der Waals surface area contributed by atoms with Gasteiger partial charge in [0.15, 0.2) is 0 Å². The largest absolute Gasteiger partial charge is 0.326 e. The van der Waals surface area contributed by atoms with Crippen LogP contribution in [-0.2, 0) is 11.2 Å². The summed E-state index contributed by atoms with van der Waals surface area (Å²) in [5.41, 5.74) is 4.55. The normalized spacial score (nSPS) is 18.2. The molecule has 1 aromatic rings. The minimum absolute atomic E-state index is 0.0523. The number of nitriles is 1.